The molecule has 0 unspecified atom stereocenters. The molecule has 156 valence electrons. The van der Waals surface area contributed by atoms with Gasteiger partial charge in [-0.1, -0.05) is 32.5 Å². The Labute approximate surface area is 186 Å². The van der Waals surface area contributed by atoms with Crippen LogP contribution in [0.4, 0.5) is 5.13 Å². The van der Waals surface area contributed by atoms with Gasteiger partial charge in [0.15, 0.2) is 15.9 Å². The van der Waals surface area contributed by atoms with Gasteiger partial charge in [-0.3, -0.25) is 9.20 Å². The van der Waals surface area contributed by atoms with Gasteiger partial charge in [0.25, 0.3) is 0 Å². The molecule has 0 radical (unpaired) electrons. The zero-order chi connectivity index (χ0) is 20.8. The maximum absolute atomic E-state index is 12.3. The molecule has 1 amide bonds. The molecule has 0 aromatic carbocycles. The first-order chi connectivity index (χ1) is 14.5. The van der Waals surface area contributed by atoms with Gasteiger partial charge in [0.05, 0.1) is 11.1 Å². The summed E-state index contributed by atoms with van der Waals surface area (Å²) in [5, 5.41) is 16.1. The summed E-state index contributed by atoms with van der Waals surface area (Å²) in [5.41, 5.74) is 2.27. The molecule has 0 saturated carbocycles. The lowest BCUT2D eigenvalue weighted by atomic mass is 9.89. The number of fused-ring (bicyclic) bond motifs is 5. The highest BCUT2D eigenvalue weighted by molar-refractivity contribution is 7.99. The van der Waals surface area contributed by atoms with Crippen molar-refractivity contribution in [3.8, 4) is 0 Å². The standard InChI is InChI=1S/C20H22N6OS3/c1-10(2)16-23-18-15(12-5-4-11(3)8-13(12)30-18)17-24-25-20(26(16)17)29-9-14(27)22-19-21-6-7-28-19/h6-7,10-11H,4-5,8-9H2,1-3H3,(H,21,22,27)/t11-/m1/s1. The van der Waals surface area contributed by atoms with E-state index in [0.717, 1.165) is 34.5 Å². The highest BCUT2D eigenvalue weighted by Gasteiger charge is 2.26. The van der Waals surface area contributed by atoms with Crippen LogP contribution < -0.4 is 5.32 Å². The lowest BCUT2D eigenvalue weighted by Gasteiger charge is -2.17. The van der Waals surface area contributed by atoms with Crippen molar-refractivity contribution in [2.45, 2.75) is 51.1 Å². The average molecular weight is 459 g/mol. The van der Waals surface area contributed by atoms with Gasteiger partial charge in [0, 0.05) is 22.4 Å². The number of amides is 1. The smallest absolute Gasteiger partial charge is 0.236 e. The van der Waals surface area contributed by atoms with Gasteiger partial charge in [-0.15, -0.1) is 32.9 Å². The number of aryl methyl sites for hydroxylation is 1. The third kappa shape index (κ3) is 3.50. The van der Waals surface area contributed by atoms with Gasteiger partial charge in [0.1, 0.15) is 10.7 Å². The lowest BCUT2D eigenvalue weighted by molar-refractivity contribution is -0.113. The van der Waals surface area contributed by atoms with Gasteiger partial charge >= 0.3 is 0 Å². The molecule has 30 heavy (non-hydrogen) atoms. The molecule has 4 aromatic rings. The summed E-state index contributed by atoms with van der Waals surface area (Å²) >= 11 is 4.60. The van der Waals surface area contributed by atoms with Crippen LogP contribution in [-0.2, 0) is 17.6 Å². The molecule has 0 bridgehead atoms. The third-order valence-electron chi connectivity index (χ3n) is 5.32. The molecule has 7 nitrogen and oxygen atoms in total. The summed E-state index contributed by atoms with van der Waals surface area (Å²) in [6.07, 6.45) is 5.06. The van der Waals surface area contributed by atoms with Crippen LogP contribution in [-0.4, -0.2) is 36.2 Å². The first-order valence-corrected chi connectivity index (χ1v) is 12.7. The molecule has 10 heteroatoms. The Morgan fingerprint density at radius 1 is 1.40 bits per heavy atom. The van der Waals surface area contributed by atoms with Crippen LogP contribution in [0, 0.1) is 5.92 Å². The average Bonchev–Trinajstić information content (AvgIpc) is 3.43. The third-order valence-corrected chi connectivity index (χ3v) is 8.09. The largest absolute Gasteiger partial charge is 0.301 e. The molecule has 1 atom stereocenters. The van der Waals surface area contributed by atoms with E-state index in [1.54, 1.807) is 6.20 Å². The van der Waals surface area contributed by atoms with E-state index in [4.69, 9.17) is 4.98 Å². The van der Waals surface area contributed by atoms with Gasteiger partial charge in [-0.25, -0.2) is 9.97 Å². The van der Waals surface area contributed by atoms with Crippen LogP contribution in [0.25, 0.3) is 15.9 Å². The van der Waals surface area contributed by atoms with Crippen LogP contribution in [0.1, 0.15) is 49.4 Å². The van der Waals surface area contributed by atoms with E-state index in [1.165, 1.54) is 40.0 Å². The minimum atomic E-state index is -0.103. The summed E-state index contributed by atoms with van der Waals surface area (Å²) in [7, 11) is 0. The second-order valence-electron chi connectivity index (χ2n) is 7.97. The number of hydrogen-bond donors (Lipinski definition) is 1. The van der Waals surface area contributed by atoms with Crippen molar-refractivity contribution < 1.29 is 4.79 Å². The summed E-state index contributed by atoms with van der Waals surface area (Å²) in [5.74, 6) is 2.02. The van der Waals surface area contributed by atoms with E-state index in [-0.39, 0.29) is 17.6 Å². The Balaban J connectivity index is 1.53. The fraction of sp³-hybridized carbons (Fsp3) is 0.450. The normalized spacial score (nSPS) is 16.5. The molecule has 1 aliphatic rings. The van der Waals surface area contributed by atoms with Crippen molar-refractivity contribution in [3.05, 3.63) is 27.8 Å². The number of carbonyl (C=O) groups excluding carboxylic acids is 1. The topological polar surface area (TPSA) is 85.1 Å². The Bertz CT molecular complexity index is 1230. The number of anilines is 1. The summed E-state index contributed by atoms with van der Waals surface area (Å²) in [6.45, 7) is 6.58. The minimum Gasteiger partial charge on any atom is -0.301 e. The molecule has 1 aliphatic carbocycles. The molecular weight excluding hydrogens is 436 g/mol. The number of carbonyl (C=O) groups is 1. The Morgan fingerprint density at radius 2 is 2.27 bits per heavy atom. The maximum atomic E-state index is 12.3. The summed E-state index contributed by atoms with van der Waals surface area (Å²) in [4.78, 5) is 24.0. The van der Waals surface area contributed by atoms with Crippen molar-refractivity contribution in [1.82, 2.24) is 24.6 Å². The van der Waals surface area contributed by atoms with E-state index in [2.05, 4.69) is 45.7 Å². The van der Waals surface area contributed by atoms with Gasteiger partial charge in [-0.2, -0.15) is 0 Å². The molecule has 5 rings (SSSR count). The Kier molecular flexibility index (Phi) is 5.24. The molecule has 0 aliphatic heterocycles. The monoisotopic (exact) mass is 458 g/mol. The fourth-order valence-corrected chi connectivity index (χ4v) is 6.56. The minimum absolute atomic E-state index is 0.103. The lowest BCUT2D eigenvalue weighted by Crippen LogP contribution is -2.14. The molecular formula is C20H22N6OS3. The highest BCUT2D eigenvalue weighted by Crippen LogP contribution is 2.40. The van der Waals surface area contributed by atoms with Crippen LogP contribution in [0.15, 0.2) is 16.7 Å². The zero-order valence-electron chi connectivity index (χ0n) is 17.0. The number of nitrogens with zero attached hydrogens (tertiary/aromatic N) is 5. The number of thioether (sulfide) groups is 1. The molecule has 0 saturated heterocycles. The van der Waals surface area contributed by atoms with Gasteiger partial charge in [-0.05, 0) is 30.7 Å². The highest BCUT2D eigenvalue weighted by atomic mass is 32.2. The molecule has 1 N–H and O–H groups in total. The second-order valence-corrected chi connectivity index (χ2v) is 10.9. The van der Waals surface area contributed by atoms with E-state index in [9.17, 15) is 4.79 Å². The molecule has 0 fully saturated rings. The van der Waals surface area contributed by atoms with Gasteiger partial charge < -0.3 is 5.32 Å². The number of thiazole rings is 1. The first-order valence-electron chi connectivity index (χ1n) is 10.0. The van der Waals surface area contributed by atoms with Crippen molar-refractivity contribution in [2.24, 2.45) is 5.92 Å². The van der Waals surface area contributed by atoms with Gasteiger partial charge in [0.2, 0.25) is 5.91 Å². The van der Waals surface area contributed by atoms with Crippen LogP contribution in [0.2, 0.25) is 0 Å². The van der Waals surface area contributed by atoms with Crippen LogP contribution >= 0.6 is 34.4 Å². The molecule has 4 heterocycles. The Morgan fingerprint density at radius 3 is 3.03 bits per heavy atom. The predicted octanol–water partition coefficient (Wildman–Crippen LogP) is 4.77. The number of thiophene rings is 1. The van der Waals surface area contributed by atoms with Crippen molar-refractivity contribution in [2.75, 3.05) is 11.1 Å². The number of aromatic nitrogens is 5. The van der Waals surface area contributed by atoms with Crippen LogP contribution in [0.5, 0.6) is 0 Å². The van der Waals surface area contributed by atoms with Crippen molar-refractivity contribution in [1.29, 1.82) is 0 Å². The second kappa shape index (κ2) is 7.90. The quantitative estimate of drug-likeness (QED) is 0.434. The van der Waals surface area contributed by atoms with E-state index < -0.39 is 0 Å². The van der Waals surface area contributed by atoms with Crippen molar-refractivity contribution in [3.63, 3.8) is 0 Å². The number of nitrogens with one attached hydrogen (secondary N) is 1. The predicted molar refractivity (Wildman–Crippen MR) is 123 cm³/mol. The fourth-order valence-electron chi connectivity index (χ4n) is 3.89. The number of rotatable bonds is 5. The van der Waals surface area contributed by atoms with Crippen LogP contribution in [0.3, 0.4) is 0 Å². The SMILES string of the molecule is CC(C)c1nc2sc3c(c2c2nnc(SCC(=O)Nc4nccs4)n12)CC[C@@H](C)C3. The molecule has 0 spiro atoms. The van der Waals surface area contributed by atoms with E-state index >= 15 is 0 Å². The first kappa shape index (κ1) is 19.9. The molecule has 4 aromatic heterocycles. The maximum Gasteiger partial charge on any atom is 0.236 e. The Hall–Kier alpha value is -2.04. The van der Waals surface area contributed by atoms with E-state index in [1.807, 2.05) is 16.7 Å². The number of hydrogen-bond acceptors (Lipinski definition) is 8. The summed E-state index contributed by atoms with van der Waals surface area (Å²) < 4.78 is 2.05. The van der Waals surface area contributed by atoms with Crippen molar-refractivity contribution >= 4 is 61.3 Å². The van der Waals surface area contributed by atoms with E-state index in [0.29, 0.717) is 16.2 Å². The summed E-state index contributed by atoms with van der Waals surface area (Å²) in [6, 6.07) is 0. The zero-order valence-corrected chi connectivity index (χ0v) is 19.5.